The summed E-state index contributed by atoms with van der Waals surface area (Å²) in [5, 5.41) is 2.65. The van der Waals surface area contributed by atoms with Crippen molar-refractivity contribution in [2.24, 2.45) is 5.92 Å². The monoisotopic (exact) mass is 341 g/mol. The van der Waals surface area contributed by atoms with Gasteiger partial charge in [0.05, 0.1) is 0 Å². The van der Waals surface area contributed by atoms with Gasteiger partial charge in [0.2, 0.25) is 5.91 Å². The standard InChI is InChI=1S/C16H15F4N3O/c17-9-1-2-10(13(18)7-9)11-8-12(11)15(24)22-4-3-14-21-5-6-23(14)16(19)20/h1-2,5-7,11-12,16H,3-4,8H2,(H,22,24)/t11-,12+/m0/s1. The van der Waals surface area contributed by atoms with E-state index in [4.69, 9.17) is 0 Å². The molecule has 1 aromatic carbocycles. The van der Waals surface area contributed by atoms with E-state index < -0.39 is 18.2 Å². The van der Waals surface area contributed by atoms with Gasteiger partial charge in [0.15, 0.2) is 0 Å². The molecule has 0 spiro atoms. The highest BCUT2D eigenvalue weighted by molar-refractivity contribution is 5.82. The van der Waals surface area contributed by atoms with Gasteiger partial charge in [0.25, 0.3) is 0 Å². The molecule has 0 aliphatic heterocycles. The Morgan fingerprint density at radius 1 is 1.38 bits per heavy atom. The van der Waals surface area contributed by atoms with Gasteiger partial charge in [-0.15, -0.1) is 0 Å². The normalized spacial score (nSPS) is 19.5. The summed E-state index contributed by atoms with van der Waals surface area (Å²) in [7, 11) is 0. The lowest BCUT2D eigenvalue weighted by Crippen LogP contribution is -2.28. The molecule has 1 saturated carbocycles. The average molecular weight is 341 g/mol. The van der Waals surface area contributed by atoms with E-state index >= 15 is 0 Å². The van der Waals surface area contributed by atoms with Gasteiger partial charge in [-0.05, 0) is 24.0 Å². The first-order valence-corrected chi connectivity index (χ1v) is 7.50. The third-order valence-corrected chi connectivity index (χ3v) is 4.10. The fourth-order valence-corrected chi connectivity index (χ4v) is 2.77. The van der Waals surface area contributed by atoms with Crippen LogP contribution in [0.2, 0.25) is 0 Å². The minimum Gasteiger partial charge on any atom is -0.355 e. The van der Waals surface area contributed by atoms with Crippen LogP contribution in [0.5, 0.6) is 0 Å². The van der Waals surface area contributed by atoms with E-state index in [9.17, 15) is 22.4 Å². The Bertz CT molecular complexity index is 747. The van der Waals surface area contributed by atoms with Gasteiger partial charge in [-0.1, -0.05) is 6.07 Å². The van der Waals surface area contributed by atoms with Crippen LogP contribution < -0.4 is 5.32 Å². The third-order valence-electron chi connectivity index (χ3n) is 4.10. The van der Waals surface area contributed by atoms with Gasteiger partial charge in [-0.2, -0.15) is 8.78 Å². The summed E-state index contributed by atoms with van der Waals surface area (Å²) in [6.07, 6.45) is 3.11. The number of carbonyl (C=O) groups is 1. The maximum absolute atomic E-state index is 13.7. The van der Waals surface area contributed by atoms with Crippen LogP contribution in [0.4, 0.5) is 17.6 Å². The number of nitrogens with one attached hydrogen (secondary N) is 1. The molecule has 128 valence electrons. The first-order valence-electron chi connectivity index (χ1n) is 7.50. The minimum atomic E-state index is -2.67. The maximum Gasteiger partial charge on any atom is 0.319 e. The van der Waals surface area contributed by atoms with Crippen molar-refractivity contribution >= 4 is 5.91 Å². The molecule has 2 aromatic rings. The van der Waals surface area contributed by atoms with Crippen molar-refractivity contribution in [2.75, 3.05) is 6.54 Å². The quantitative estimate of drug-likeness (QED) is 0.821. The lowest BCUT2D eigenvalue weighted by atomic mass is 10.1. The number of halogens is 4. The Morgan fingerprint density at radius 3 is 2.88 bits per heavy atom. The Morgan fingerprint density at radius 2 is 2.17 bits per heavy atom. The summed E-state index contributed by atoms with van der Waals surface area (Å²) in [5.74, 6) is -2.05. The van der Waals surface area contributed by atoms with Crippen molar-refractivity contribution in [3.05, 3.63) is 53.6 Å². The molecular weight excluding hydrogens is 326 g/mol. The number of carbonyl (C=O) groups excluding carboxylic acids is 1. The summed E-state index contributed by atoms with van der Waals surface area (Å²) >= 11 is 0. The molecule has 1 aromatic heterocycles. The molecule has 0 bridgehead atoms. The fourth-order valence-electron chi connectivity index (χ4n) is 2.77. The molecule has 1 aliphatic carbocycles. The zero-order valence-corrected chi connectivity index (χ0v) is 12.6. The van der Waals surface area contributed by atoms with Crippen LogP contribution in [0.25, 0.3) is 0 Å². The molecule has 0 saturated heterocycles. The van der Waals surface area contributed by atoms with E-state index in [-0.39, 0.29) is 36.5 Å². The van der Waals surface area contributed by atoms with Gasteiger partial charge in [-0.25, -0.2) is 13.8 Å². The Balaban J connectivity index is 1.51. The maximum atomic E-state index is 13.7. The molecular formula is C16H15F4N3O. The molecule has 1 heterocycles. The molecule has 1 fully saturated rings. The molecule has 2 atom stereocenters. The Hall–Kier alpha value is -2.38. The molecule has 0 radical (unpaired) electrons. The number of amides is 1. The van der Waals surface area contributed by atoms with Gasteiger partial charge in [0, 0.05) is 37.3 Å². The number of nitrogens with zero attached hydrogens (tertiary/aromatic N) is 2. The lowest BCUT2D eigenvalue weighted by Gasteiger charge is -2.08. The smallest absolute Gasteiger partial charge is 0.319 e. The zero-order chi connectivity index (χ0) is 17.3. The largest absolute Gasteiger partial charge is 0.355 e. The van der Waals surface area contributed by atoms with E-state index in [1.165, 1.54) is 18.5 Å². The fraction of sp³-hybridized carbons (Fsp3) is 0.375. The van der Waals surface area contributed by atoms with Crippen molar-refractivity contribution in [3.8, 4) is 0 Å². The summed E-state index contributed by atoms with van der Waals surface area (Å²) in [5.41, 5.74) is 0.324. The predicted octanol–water partition coefficient (Wildman–Crippen LogP) is 3.02. The third kappa shape index (κ3) is 3.42. The second-order valence-corrected chi connectivity index (χ2v) is 5.68. The van der Waals surface area contributed by atoms with Crippen molar-refractivity contribution in [3.63, 3.8) is 0 Å². The lowest BCUT2D eigenvalue weighted by molar-refractivity contribution is -0.122. The molecule has 0 unspecified atom stereocenters. The molecule has 3 rings (SSSR count). The average Bonchev–Trinajstić information content (AvgIpc) is 3.16. The number of rotatable bonds is 6. The van der Waals surface area contributed by atoms with E-state index in [0.717, 1.165) is 16.7 Å². The molecule has 1 amide bonds. The number of aromatic nitrogens is 2. The van der Waals surface area contributed by atoms with Crippen molar-refractivity contribution in [2.45, 2.75) is 25.3 Å². The Labute approximate surface area is 135 Å². The number of imidazole rings is 1. The highest BCUT2D eigenvalue weighted by Gasteiger charge is 2.45. The van der Waals surface area contributed by atoms with Crippen LogP contribution in [0, 0.1) is 17.6 Å². The Kier molecular flexibility index (Phi) is 4.55. The zero-order valence-electron chi connectivity index (χ0n) is 12.6. The second kappa shape index (κ2) is 6.62. The minimum absolute atomic E-state index is 0.164. The van der Waals surface area contributed by atoms with Crippen LogP contribution in [-0.2, 0) is 11.2 Å². The second-order valence-electron chi connectivity index (χ2n) is 5.68. The van der Waals surface area contributed by atoms with Crippen LogP contribution in [0.1, 0.15) is 30.3 Å². The highest BCUT2D eigenvalue weighted by Crippen LogP contribution is 2.48. The summed E-state index contributed by atoms with van der Waals surface area (Å²) in [4.78, 5) is 15.9. The van der Waals surface area contributed by atoms with Crippen LogP contribution >= 0.6 is 0 Å². The van der Waals surface area contributed by atoms with Crippen LogP contribution in [0.3, 0.4) is 0 Å². The first kappa shape index (κ1) is 16.5. The van der Waals surface area contributed by atoms with E-state index in [2.05, 4.69) is 10.3 Å². The number of hydrogen-bond acceptors (Lipinski definition) is 2. The predicted molar refractivity (Wildman–Crippen MR) is 77.4 cm³/mol. The van der Waals surface area contributed by atoms with Crippen molar-refractivity contribution in [1.82, 2.24) is 14.9 Å². The van der Waals surface area contributed by atoms with Gasteiger partial charge >= 0.3 is 6.55 Å². The summed E-state index contributed by atoms with van der Waals surface area (Å²) in [6, 6.07) is 3.31. The molecule has 8 heteroatoms. The van der Waals surface area contributed by atoms with Gasteiger partial charge in [-0.3, -0.25) is 9.36 Å². The number of benzene rings is 1. The van der Waals surface area contributed by atoms with Crippen LogP contribution in [-0.4, -0.2) is 22.0 Å². The summed E-state index contributed by atoms with van der Waals surface area (Å²) < 4.78 is 52.6. The molecule has 4 nitrogen and oxygen atoms in total. The summed E-state index contributed by atoms with van der Waals surface area (Å²) in [6.45, 7) is -2.51. The first-order chi connectivity index (χ1) is 11.5. The molecule has 1 N–H and O–H groups in total. The van der Waals surface area contributed by atoms with E-state index in [0.29, 0.717) is 12.0 Å². The topological polar surface area (TPSA) is 46.9 Å². The van der Waals surface area contributed by atoms with Gasteiger partial charge < -0.3 is 5.32 Å². The highest BCUT2D eigenvalue weighted by atomic mass is 19.3. The van der Waals surface area contributed by atoms with Crippen LogP contribution in [0.15, 0.2) is 30.6 Å². The van der Waals surface area contributed by atoms with Gasteiger partial charge in [0.1, 0.15) is 17.5 Å². The molecule has 1 aliphatic rings. The van der Waals surface area contributed by atoms with Crippen molar-refractivity contribution < 1.29 is 22.4 Å². The SMILES string of the molecule is O=C(NCCc1nccn1C(F)F)[C@@H]1C[C@H]1c1ccc(F)cc1F. The van der Waals surface area contributed by atoms with E-state index in [1.54, 1.807) is 0 Å². The number of alkyl halides is 2. The number of hydrogen-bond donors (Lipinski definition) is 1. The van der Waals surface area contributed by atoms with Crippen molar-refractivity contribution in [1.29, 1.82) is 0 Å². The van der Waals surface area contributed by atoms with E-state index in [1.807, 2.05) is 0 Å². The molecule has 24 heavy (non-hydrogen) atoms.